The summed E-state index contributed by atoms with van der Waals surface area (Å²) in [5, 5.41) is 0. The number of carbonyl (C=O) groups excluding carboxylic acids is 1. The van der Waals surface area contributed by atoms with Gasteiger partial charge in [0.2, 0.25) is 5.91 Å². The SMILES string of the molecule is C/C=C/C=C/C(=O)N1CCCC1c1cccn1C. The van der Waals surface area contributed by atoms with Crippen molar-refractivity contribution in [1.82, 2.24) is 9.47 Å². The van der Waals surface area contributed by atoms with Gasteiger partial charge >= 0.3 is 0 Å². The quantitative estimate of drug-likeness (QED) is 0.593. The zero-order chi connectivity index (χ0) is 13.0. The number of aryl methyl sites for hydroxylation is 1. The molecule has 0 aliphatic carbocycles. The summed E-state index contributed by atoms with van der Waals surface area (Å²) in [5.74, 6) is 0.108. The van der Waals surface area contributed by atoms with Crippen molar-refractivity contribution in [2.24, 2.45) is 7.05 Å². The van der Waals surface area contributed by atoms with Crippen LogP contribution in [-0.2, 0) is 11.8 Å². The second-order valence-electron chi connectivity index (χ2n) is 4.62. The van der Waals surface area contributed by atoms with Gasteiger partial charge in [-0.2, -0.15) is 0 Å². The van der Waals surface area contributed by atoms with E-state index >= 15 is 0 Å². The molecule has 1 aromatic rings. The Hall–Kier alpha value is -1.77. The smallest absolute Gasteiger partial charge is 0.247 e. The zero-order valence-electron chi connectivity index (χ0n) is 11.0. The molecule has 0 bridgehead atoms. The molecule has 0 radical (unpaired) electrons. The summed E-state index contributed by atoms with van der Waals surface area (Å²) in [6, 6.07) is 4.37. The van der Waals surface area contributed by atoms with Crippen LogP contribution in [0.3, 0.4) is 0 Å². The van der Waals surface area contributed by atoms with E-state index in [9.17, 15) is 4.79 Å². The van der Waals surface area contributed by atoms with E-state index in [0.717, 1.165) is 19.4 Å². The first-order valence-electron chi connectivity index (χ1n) is 6.45. The minimum atomic E-state index is 0.108. The van der Waals surface area contributed by atoms with Crippen LogP contribution in [0.15, 0.2) is 42.6 Å². The highest BCUT2D eigenvalue weighted by Gasteiger charge is 2.29. The van der Waals surface area contributed by atoms with Gasteiger partial charge in [-0.05, 0) is 31.9 Å². The van der Waals surface area contributed by atoms with E-state index in [-0.39, 0.29) is 11.9 Å². The van der Waals surface area contributed by atoms with E-state index in [1.54, 1.807) is 6.08 Å². The summed E-state index contributed by atoms with van der Waals surface area (Å²) in [6.07, 6.45) is 11.4. The lowest BCUT2D eigenvalue weighted by atomic mass is 10.1. The lowest BCUT2D eigenvalue weighted by Crippen LogP contribution is -2.29. The lowest BCUT2D eigenvalue weighted by Gasteiger charge is -2.24. The van der Waals surface area contributed by atoms with Gasteiger partial charge in [0.15, 0.2) is 0 Å². The Morgan fingerprint density at radius 3 is 2.94 bits per heavy atom. The summed E-state index contributed by atoms with van der Waals surface area (Å²) < 4.78 is 2.10. The van der Waals surface area contributed by atoms with E-state index < -0.39 is 0 Å². The van der Waals surface area contributed by atoms with E-state index in [1.807, 2.05) is 49.4 Å². The Bertz CT molecular complexity index is 471. The van der Waals surface area contributed by atoms with Crippen LogP contribution in [0.1, 0.15) is 31.5 Å². The van der Waals surface area contributed by atoms with Crippen molar-refractivity contribution >= 4 is 5.91 Å². The average Bonchev–Trinajstić information content (AvgIpc) is 2.97. The molecule has 0 aromatic carbocycles. The van der Waals surface area contributed by atoms with Gasteiger partial charge in [0, 0.05) is 31.6 Å². The fourth-order valence-electron chi connectivity index (χ4n) is 2.50. The molecule has 2 heterocycles. The van der Waals surface area contributed by atoms with Gasteiger partial charge < -0.3 is 9.47 Å². The number of hydrogen-bond donors (Lipinski definition) is 0. The predicted molar refractivity (Wildman–Crippen MR) is 73.1 cm³/mol. The van der Waals surface area contributed by atoms with Gasteiger partial charge in [-0.1, -0.05) is 18.2 Å². The highest BCUT2D eigenvalue weighted by Crippen LogP contribution is 2.31. The summed E-state index contributed by atoms with van der Waals surface area (Å²) in [5.41, 5.74) is 1.22. The van der Waals surface area contributed by atoms with E-state index in [1.165, 1.54) is 5.69 Å². The van der Waals surface area contributed by atoms with E-state index in [4.69, 9.17) is 0 Å². The van der Waals surface area contributed by atoms with Crippen molar-refractivity contribution in [3.05, 3.63) is 48.3 Å². The van der Waals surface area contributed by atoms with Gasteiger partial charge in [0.05, 0.1) is 6.04 Å². The van der Waals surface area contributed by atoms with E-state index in [2.05, 4.69) is 10.6 Å². The van der Waals surface area contributed by atoms with Crippen LogP contribution < -0.4 is 0 Å². The van der Waals surface area contributed by atoms with Gasteiger partial charge in [-0.3, -0.25) is 4.79 Å². The van der Waals surface area contributed by atoms with Crippen molar-refractivity contribution < 1.29 is 4.79 Å². The normalized spacial score (nSPS) is 20.3. The van der Waals surface area contributed by atoms with Crippen molar-refractivity contribution in [3.63, 3.8) is 0 Å². The first kappa shape index (κ1) is 12.7. The number of carbonyl (C=O) groups is 1. The molecular weight excluding hydrogens is 224 g/mol. The molecule has 1 amide bonds. The Morgan fingerprint density at radius 1 is 1.44 bits per heavy atom. The number of allylic oxidation sites excluding steroid dienone is 3. The summed E-state index contributed by atoms with van der Waals surface area (Å²) in [6.45, 7) is 2.80. The number of rotatable bonds is 3. The molecule has 2 rings (SSSR count). The van der Waals surface area contributed by atoms with Crippen LogP contribution in [0.4, 0.5) is 0 Å². The first-order chi connectivity index (χ1) is 8.74. The molecule has 3 nitrogen and oxygen atoms in total. The van der Waals surface area contributed by atoms with Crippen LogP contribution in [-0.4, -0.2) is 21.9 Å². The second-order valence-corrected chi connectivity index (χ2v) is 4.62. The minimum absolute atomic E-state index is 0.108. The van der Waals surface area contributed by atoms with E-state index in [0.29, 0.717) is 0 Å². The molecule has 3 heteroatoms. The molecule has 0 N–H and O–H groups in total. The monoisotopic (exact) mass is 244 g/mol. The summed E-state index contributed by atoms with van der Waals surface area (Å²) >= 11 is 0. The van der Waals surface area contributed by atoms with Crippen molar-refractivity contribution in [2.75, 3.05) is 6.54 Å². The largest absolute Gasteiger partial charge is 0.353 e. The summed E-state index contributed by atoms with van der Waals surface area (Å²) in [7, 11) is 2.03. The number of aromatic nitrogens is 1. The molecule has 0 spiro atoms. The molecule has 18 heavy (non-hydrogen) atoms. The highest BCUT2D eigenvalue weighted by molar-refractivity contribution is 5.88. The Morgan fingerprint density at radius 2 is 2.28 bits per heavy atom. The van der Waals surface area contributed by atoms with Crippen LogP contribution >= 0.6 is 0 Å². The number of likely N-dealkylation sites (tertiary alicyclic amines) is 1. The Balaban J connectivity index is 2.13. The maximum Gasteiger partial charge on any atom is 0.247 e. The Labute approximate surface area is 108 Å². The third-order valence-corrected chi connectivity index (χ3v) is 3.40. The zero-order valence-corrected chi connectivity index (χ0v) is 11.0. The fourth-order valence-corrected chi connectivity index (χ4v) is 2.50. The van der Waals surface area contributed by atoms with Gasteiger partial charge in [-0.15, -0.1) is 0 Å². The molecule has 0 saturated carbocycles. The molecule has 96 valence electrons. The molecule has 1 fully saturated rings. The summed E-state index contributed by atoms with van der Waals surface area (Å²) in [4.78, 5) is 14.1. The van der Waals surface area contributed by atoms with Crippen molar-refractivity contribution in [1.29, 1.82) is 0 Å². The van der Waals surface area contributed by atoms with Gasteiger partial charge in [-0.25, -0.2) is 0 Å². The van der Waals surface area contributed by atoms with Crippen LogP contribution in [0.5, 0.6) is 0 Å². The van der Waals surface area contributed by atoms with Crippen LogP contribution in [0.25, 0.3) is 0 Å². The van der Waals surface area contributed by atoms with Crippen molar-refractivity contribution in [2.45, 2.75) is 25.8 Å². The number of hydrogen-bond acceptors (Lipinski definition) is 1. The highest BCUT2D eigenvalue weighted by atomic mass is 16.2. The fraction of sp³-hybridized carbons (Fsp3) is 0.400. The maximum atomic E-state index is 12.1. The third kappa shape index (κ3) is 2.55. The minimum Gasteiger partial charge on any atom is -0.353 e. The first-order valence-corrected chi connectivity index (χ1v) is 6.45. The van der Waals surface area contributed by atoms with Gasteiger partial charge in [0.1, 0.15) is 0 Å². The lowest BCUT2D eigenvalue weighted by molar-refractivity contribution is -0.127. The molecular formula is C15H20N2O. The molecule has 1 aliphatic heterocycles. The van der Waals surface area contributed by atoms with Crippen molar-refractivity contribution in [3.8, 4) is 0 Å². The topological polar surface area (TPSA) is 25.2 Å². The third-order valence-electron chi connectivity index (χ3n) is 3.40. The Kier molecular flexibility index (Phi) is 4.03. The van der Waals surface area contributed by atoms with Crippen LogP contribution in [0, 0.1) is 0 Å². The maximum absolute atomic E-state index is 12.1. The van der Waals surface area contributed by atoms with Crippen LogP contribution in [0.2, 0.25) is 0 Å². The molecule has 1 atom stereocenters. The molecule has 1 aliphatic rings. The average molecular weight is 244 g/mol. The number of amides is 1. The predicted octanol–water partition coefficient (Wildman–Crippen LogP) is 2.82. The molecule has 1 aromatic heterocycles. The second kappa shape index (κ2) is 5.71. The molecule has 1 saturated heterocycles. The standard InChI is InChI=1S/C15H20N2O/c1-3-4-5-10-15(18)17-12-7-9-14(17)13-8-6-11-16(13)2/h3-6,8,10-11,14H,7,9,12H2,1-2H3/b4-3+,10-5+. The number of nitrogens with zero attached hydrogens (tertiary/aromatic N) is 2. The molecule has 1 unspecified atom stereocenters. The van der Waals surface area contributed by atoms with Gasteiger partial charge in [0.25, 0.3) is 0 Å².